The van der Waals surface area contributed by atoms with Crippen molar-refractivity contribution >= 4 is 35.8 Å². The summed E-state index contributed by atoms with van der Waals surface area (Å²) >= 11 is 0. The first-order valence-electron chi connectivity index (χ1n) is 10.6. The predicted molar refractivity (Wildman–Crippen MR) is 131 cm³/mol. The van der Waals surface area contributed by atoms with E-state index in [2.05, 4.69) is 57.7 Å². The van der Waals surface area contributed by atoms with Gasteiger partial charge >= 0.3 is 0 Å². The Morgan fingerprint density at radius 2 is 2.00 bits per heavy atom. The van der Waals surface area contributed by atoms with E-state index < -0.39 is 5.41 Å². The van der Waals surface area contributed by atoms with Crippen molar-refractivity contribution in [2.45, 2.75) is 39.5 Å². The molecule has 2 atom stereocenters. The second-order valence-corrected chi connectivity index (χ2v) is 8.47. The minimum absolute atomic E-state index is 0. The number of carbonyl (C=O) groups is 1. The number of likely N-dealkylation sites (tertiary alicyclic amines) is 1. The number of guanidine groups is 1. The van der Waals surface area contributed by atoms with E-state index in [1.807, 2.05) is 13.8 Å². The number of hydrogen-bond donors (Lipinski definition) is 2. The van der Waals surface area contributed by atoms with Crippen LogP contribution in [0.1, 0.15) is 26.3 Å². The number of aliphatic imine (C=N–C) groups is 1. The van der Waals surface area contributed by atoms with E-state index in [4.69, 9.17) is 9.73 Å². The Balaban J connectivity index is 0.00000320. The highest BCUT2D eigenvalue weighted by molar-refractivity contribution is 14.0. The van der Waals surface area contributed by atoms with Gasteiger partial charge in [-0.3, -0.25) is 14.7 Å². The third kappa shape index (κ3) is 6.07. The molecule has 0 spiro atoms. The number of fused-ring (bicyclic) bond motifs is 1. The smallest absolute Gasteiger partial charge is 0.227 e. The lowest BCUT2D eigenvalue weighted by atomic mass is 9.93. The Morgan fingerprint density at radius 3 is 2.67 bits per heavy atom. The number of rotatable bonds is 6. The lowest BCUT2D eigenvalue weighted by molar-refractivity contribution is -0.128. The number of benzene rings is 1. The number of carbonyl (C=O) groups excluding carboxylic acids is 1. The fourth-order valence-electron chi connectivity index (χ4n) is 4.05. The van der Waals surface area contributed by atoms with E-state index in [1.54, 1.807) is 7.05 Å². The highest BCUT2D eigenvalue weighted by Gasteiger charge is 2.41. The largest absolute Gasteiger partial charge is 0.373 e. The fourth-order valence-corrected chi connectivity index (χ4v) is 4.05. The van der Waals surface area contributed by atoms with E-state index in [9.17, 15) is 4.79 Å². The average Bonchev–Trinajstić information content (AvgIpc) is 3.16. The topological polar surface area (TPSA) is 69.2 Å². The summed E-state index contributed by atoms with van der Waals surface area (Å²) in [6.45, 7) is 11.5. The third-order valence-electron chi connectivity index (χ3n) is 5.75. The first kappa shape index (κ1) is 24.9. The molecule has 7 nitrogen and oxygen atoms in total. The van der Waals surface area contributed by atoms with E-state index in [0.717, 1.165) is 45.3 Å². The SMILES string of the molecule is CCNC(=NCC(C)(C)C(=O)NC)N1CC2OCCN(Cc3ccccc3)C2C1.I. The van der Waals surface area contributed by atoms with Gasteiger partial charge in [0.1, 0.15) is 0 Å². The van der Waals surface area contributed by atoms with Gasteiger partial charge in [0.2, 0.25) is 5.91 Å². The zero-order valence-electron chi connectivity index (χ0n) is 18.6. The molecule has 168 valence electrons. The van der Waals surface area contributed by atoms with Gasteiger partial charge in [0.25, 0.3) is 0 Å². The molecule has 2 aliphatic rings. The Labute approximate surface area is 197 Å². The van der Waals surface area contributed by atoms with Crippen molar-refractivity contribution < 1.29 is 9.53 Å². The molecule has 1 aromatic rings. The van der Waals surface area contributed by atoms with Crippen molar-refractivity contribution in [2.24, 2.45) is 10.4 Å². The summed E-state index contributed by atoms with van der Waals surface area (Å²) in [7, 11) is 1.67. The van der Waals surface area contributed by atoms with Crippen LogP contribution < -0.4 is 10.6 Å². The molecular weight excluding hydrogens is 493 g/mol. The van der Waals surface area contributed by atoms with Gasteiger partial charge in [-0.15, -0.1) is 24.0 Å². The van der Waals surface area contributed by atoms with Crippen molar-refractivity contribution in [2.75, 3.05) is 46.4 Å². The van der Waals surface area contributed by atoms with Gasteiger partial charge in [-0.25, -0.2) is 0 Å². The summed E-state index contributed by atoms with van der Waals surface area (Å²) in [6.07, 6.45) is 0.184. The maximum absolute atomic E-state index is 12.1. The van der Waals surface area contributed by atoms with Gasteiger partial charge in [-0.05, 0) is 26.3 Å². The molecule has 2 unspecified atom stereocenters. The molecular formula is C22H36IN5O2. The van der Waals surface area contributed by atoms with Crippen LogP contribution in [0, 0.1) is 5.41 Å². The number of amides is 1. The van der Waals surface area contributed by atoms with Crippen LogP contribution in [0.2, 0.25) is 0 Å². The third-order valence-corrected chi connectivity index (χ3v) is 5.75. The summed E-state index contributed by atoms with van der Waals surface area (Å²) in [6, 6.07) is 11.0. The lowest BCUT2D eigenvalue weighted by Crippen LogP contribution is -2.50. The molecule has 1 aromatic carbocycles. The van der Waals surface area contributed by atoms with Crippen molar-refractivity contribution in [3.8, 4) is 0 Å². The van der Waals surface area contributed by atoms with Crippen molar-refractivity contribution in [1.29, 1.82) is 0 Å². The molecule has 0 saturated carbocycles. The first-order valence-corrected chi connectivity index (χ1v) is 10.6. The van der Waals surface area contributed by atoms with Crippen molar-refractivity contribution in [3.63, 3.8) is 0 Å². The number of hydrogen-bond acceptors (Lipinski definition) is 4. The van der Waals surface area contributed by atoms with Gasteiger partial charge in [-0.2, -0.15) is 0 Å². The van der Waals surface area contributed by atoms with E-state index in [1.165, 1.54) is 5.56 Å². The second-order valence-electron chi connectivity index (χ2n) is 8.47. The molecule has 2 saturated heterocycles. The monoisotopic (exact) mass is 529 g/mol. The van der Waals surface area contributed by atoms with Crippen LogP contribution in [-0.2, 0) is 16.1 Å². The summed E-state index contributed by atoms with van der Waals surface area (Å²) in [5.41, 5.74) is 0.789. The first-order chi connectivity index (χ1) is 13.9. The Hall–Kier alpha value is -1.39. The molecule has 2 fully saturated rings. The quantitative estimate of drug-likeness (QED) is 0.335. The zero-order chi connectivity index (χ0) is 20.9. The molecule has 0 bridgehead atoms. The zero-order valence-corrected chi connectivity index (χ0v) is 20.9. The molecule has 2 aliphatic heterocycles. The molecule has 0 aliphatic carbocycles. The Kier molecular flexibility index (Phi) is 9.36. The van der Waals surface area contributed by atoms with E-state index in [0.29, 0.717) is 12.6 Å². The molecule has 0 aromatic heterocycles. The summed E-state index contributed by atoms with van der Waals surface area (Å²) in [4.78, 5) is 21.7. The van der Waals surface area contributed by atoms with Gasteiger partial charge < -0.3 is 20.3 Å². The standard InChI is InChI=1S/C22H35N5O2.HI/c1-5-24-21(25-16-22(2,3)20(28)23-4)27-14-18-19(15-27)29-12-11-26(18)13-17-9-7-6-8-10-17;/h6-10,18-19H,5,11-16H2,1-4H3,(H,23,28)(H,24,25);1H. The van der Waals surface area contributed by atoms with Crippen LogP contribution in [-0.4, -0.2) is 80.2 Å². The number of ether oxygens (including phenoxy) is 1. The van der Waals surface area contributed by atoms with Crippen molar-refractivity contribution in [3.05, 3.63) is 35.9 Å². The van der Waals surface area contributed by atoms with Crippen LogP contribution in [0.25, 0.3) is 0 Å². The van der Waals surface area contributed by atoms with E-state index in [-0.39, 0.29) is 36.0 Å². The predicted octanol–water partition coefficient (Wildman–Crippen LogP) is 1.93. The number of morpholine rings is 1. The fraction of sp³-hybridized carbons (Fsp3) is 0.636. The second kappa shape index (κ2) is 11.3. The number of nitrogens with zero attached hydrogens (tertiary/aromatic N) is 3. The molecule has 2 N–H and O–H groups in total. The van der Waals surface area contributed by atoms with Gasteiger partial charge in [0.05, 0.1) is 30.7 Å². The van der Waals surface area contributed by atoms with Gasteiger partial charge in [-0.1, -0.05) is 30.3 Å². The minimum atomic E-state index is -0.544. The molecule has 1 amide bonds. The maximum atomic E-state index is 12.1. The van der Waals surface area contributed by atoms with Crippen LogP contribution in [0.5, 0.6) is 0 Å². The van der Waals surface area contributed by atoms with Gasteiger partial charge in [0, 0.05) is 39.8 Å². The normalized spacial score (nSPS) is 22.3. The van der Waals surface area contributed by atoms with Crippen LogP contribution >= 0.6 is 24.0 Å². The molecule has 0 radical (unpaired) electrons. The summed E-state index contributed by atoms with van der Waals surface area (Å²) < 4.78 is 6.10. The Bertz CT molecular complexity index is 713. The maximum Gasteiger partial charge on any atom is 0.227 e. The van der Waals surface area contributed by atoms with Crippen LogP contribution in [0.3, 0.4) is 0 Å². The average molecular weight is 529 g/mol. The molecule has 3 rings (SSSR count). The summed E-state index contributed by atoms with van der Waals surface area (Å²) in [5, 5.41) is 6.13. The highest BCUT2D eigenvalue weighted by atomic mass is 127. The number of nitrogens with one attached hydrogen (secondary N) is 2. The van der Waals surface area contributed by atoms with Gasteiger partial charge in [0.15, 0.2) is 5.96 Å². The molecule has 2 heterocycles. The minimum Gasteiger partial charge on any atom is -0.373 e. The Morgan fingerprint density at radius 1 is 1.27 bits per heavy atom. The van der Waals surface area contributed by atoms with E-state index >= 15 is 0 Å². The molecule has 8 heteroatoms. The highest BCUT2D eigenvalue weighted by Crippen LogP contribution is 2.25. The van der Waals surface area contributed by atoms with Crippen LogP contribution in [0.4, 0.5) is 0 Å². The van der Waals surface area contributed by atoms with Crippen molar-refractivity contribution in [1.82, 2.24) is 20.4 Å². The summed E-state index contributed by atoms with van der Waals surface area (Å²) in [5.74, 6) is 0.867. The van der Waals surface area contributed by atoms with Crippen LogP contribution in [0.15, 0.2) is 35.3 Å². The number of halogens is 1. The lowest BCUT2D eigenvalue weighted by Gasteiger charge is -2.36. The molecule has 30 heavy (non-hydrogen) atoms.